The quantitative estimate of drug-likeness (QED) is 0.765. The summed E-state index contributed by atoms with van der Waals surface area (Å²) in [6.45, 7) is 1.67. The van der Waals surface area contributed by atoms with Crippen LogP contribution in [0.25, 0.3) is 0 Å². The summed E-state index contributed by atoms with van der Waals surface area (Å²) in [5.41, 5.74) is 0.170. The molecule has 0 aliphatic carbocycles. The largest absolute Gasteiger partial charge is 0.386 e. The Bertz CT molecular complexity index is 692. The van der Waals surface area contributed by atoms with Gasteiger partial charge >= 0.3 is 6.03 Å². The summed E-state index contributed by atoms with van der Waals surface area (Å²) in [4.78, 5) is 15.7. The van der Waals surface area contributed by atoms with Crippen LogP contribution in [0.3, 0.4) is 0 Å². The van der Waals surface area contributed by atoms with Crippen LogP contribution in [-0.4, -0.2) is 31.9 Å². The Hall–Kier alpha value is -2.55. The third-order valence-corrected chi connectivity index (χ3v) is 3.17. The number of aryl methyl sites for hydroxylation is 1. The van der Waals surface area contributed by atoms with Gasteiger partial charge in [-0.05, 0) is 24.6 Å². The fourth-order valence-corrected chi connectivity index (χ4v) is 1.95. The van der Waals surface area contributed by atoms with Gasteiger partial charge < -0.3 is 15.7 Å². The average Bonchev–Trinajstić information content (AvgIpc) is 2.93. The van der Waals surface area contributed by atoms with Crippen molar-refractivity contribution in [3.63, 3.8) is 0 Å². The molecule has 0 aliphatic heterocycles. The molecular formula is C14H17F2N5O2. The van der Waals surface area contributed by atoms with Crippen molar-refractivity contribution >= 4 is 6.03 Å². The summed E-state index contributed by atoms with van der Waals surface area (Å²) in [5, 5.41) is 19.1. The summed E-state index contributed by atoms with van der Waals surface area (Å²) >= 11 is 0. The van der Waals surface area contributed by atoms with Crippen molar-refractivity contribution in [1.82, 2.24) is 25.4 Å². The molecule has 1 heterocycles. The molecule has 0 saturated carbocycles. The number of urea groups is 1. The maximum Gasteiger partial charge on any atom is 0.315 e. The zero-order valence-electron chi connectivity index (χ0n) is 12.6. The van der Waals surface area contributed by atoms with Gasteiger partial charge in [0.2, 0.25) is 0 Å². The molecule has 0 radical (unpaired) electrons. The number of nitrogens with one attached hydrogen (secondary N) is 2. The second-order valence-corrected chi connectivity index (χ2v) is 5.07. The van der Waals surface area contributed by atoms with E-state index in [-0.39, 0.29) is 12.1 Å². The summed E-state index contributed by atoms with van der Waals surface area (Å²) in [7, 11) is 1.71. The zero-order valence-corrected chi connectivity index (χ0v) is 12.6. The van der Waals surface area contributed by atoms with E-state index in [0.29, 0.717) is 5.82 Å². The molecule has 0 spiro atoms. The van der Waals surface area contributed by atoms with E-state index in [0.717, 1.165) is 12.1 Å². The number of halogens is 2. The third kappa shape index (κ3) is 4.46. The van der Waals surface area contributed by atoms with Gasteiger partial charge in [0.25, 0.3) is 0 Å². The first kappa shape index (κ1) is 16.8. The lowest BCUT2D eigenvalue weighted by Gasteiger charge is -2.20. The number of nitrogens with zero attached hydrogens (tertiary/aromatic N) is 3. The van der Waals surface area contributed by atoms with E-state index in [1.54, 1.807) is 14.0 Å². The Kier molecular flexibility index (Phi) is 5.22. The second kappa shape index (κ2) is 7.14. The second-order valence-electron chi connectivity index (χ2n) is 5.07. The Morgan fingerprint density at radius 3 is 2.74 bits per heavy atom. The molecule has 2 atom stereocenters. The predicted molar refractivity (Wildman–Crippen MR) is 77.2 cm³/mol. The van der Waals surface area contributed by atoms with Crippen molar-refractivity contribution in [2.45, 2.75) is 25.6 Å². The number of benzene rings is 1. The van der Waals surface area contributed by atoms with Gasteiger partial charge in [-0.2, -0.15) is 5.10 Å². The summed E-state index contributed by atoms with van der Waals surface area (Å²) in [6, 6.07) is 1.83. The highest BCUT2D eigenvalue weighted by Gasteiger charge is 2.19. The van der Waals surface area contributed by atoms with Crippen molar-refractivity contribution < 1.29 is 18.7 Å². The van der Waals surface area contributed by atoms with Gasteiger partial charge in [-0.1, -0.05) is 6.07 Å². The summed E-state index contributed by atoms with van der Waals surface area (Å²) < 4.78 is 27.6. The minimum absolute atomic E-state index is 0.126. The lowest BCUT2D eigenvalue weighted by molar-refractivity contribution is 0.137. The van der Waals surface area contributed by atoms with E-state index < -0.39 is 29.8 Å². The standard InChI is InChI=1S/C14H17F2N5O2/c1-8(13(22)9-3-4-10(15)11(16)5-9)19-14(23)17-6-12-18-7-21(2)20-12/h3-5,7-8,13,22H,6H2,1-2H3,(H2,17,19,23). The first-order valence-electron chi connectivity index (χ1n) is 6.88. The summed E-state index contributed by atoms with van der Waals surface area (Å²) in [5.74, 6) is -1.61. The molecule has 1 aromatic heterocycles. The number of hydrogen-bond acceptors (Lipinski definition) is 4. The SMILES string of the molecule is CC(NC(=O)NCc1ncn(C)n1)C(O)c1ccc(F)c(F)c1. The minimum atomic E-state index is -1.18. The molecular weight excluding hydrogens is 308 g/mol. The van der Waals surface area contributed by atoms with Crippen molar-refractivity contribution in [3.05, 3.63) is 47.5 Å². The van der Waals surface area contributed by atoms with Crippen LogP contribution in [0.15, 0.2) is 24.5 Å². The molecule has 0 bridgehead atoms. The van der Waals surface area contributed by atoms with Crippen molar-refractivity contribution in [1.29, 1.82) is 0 Å². The molecule has 3 N–H and O–H groups in total. The molecule has 2 rings (SSSR count). The van der Waals surface area contributed by atoms with Gasteiger partial charge in [0.1, 0.15) is 6.33 Å². The number of aliphatic hydroxyl groups excluding tert-OH is 1. The van der Waals surface area contributed by atoms with Crippen LogP contribution in [0.4, 0.5) is 13.6 Å². The molecule has 2 unspecified atom stereocenters. The van der Waals surface area contributed by atoms with Crippen LogP contribution < -0.4 is 10.6 Å². The number of carbonyl (C=O) groups is 1. The number of amides is 2. The van der Waals surface area contributed by atoms with Crippen molar-refractivity contribution in [2.24, 2.45) is 7.05 Å². The topological polar surface area (TPSA) is 92.1 Å². The van der Waals surface area contributed by atoms with Crippen LogP contribution in [0, 0.1) is 11.6 Å². The molecule has 7 nitrogen and oxygen atoms in total. The highest BCUT2D eigenvalue weighted by Crippen LogP contribution is 2.19. The highest BCUT2D eigenvalue weighted by atomic mass is 19.2. The zero-order chi connectivity index (χ0) is 17.0. The highest BCUT2D eigenvalue weighted by molar-refractivity contribution is 5.74. The molecule has 124 valence electrons. The normalized spacial score (nSPS) is 13.4. The van der Waals surface area contributed by atoms with Crippen molar-refractivity contribution in [3.8, 4) is 0 Å². The molecule has 23 heavy (non-hydrogen) atoms. The van der Waals surface area contributed by atoms with Gasteiger partial charge in [0.05, 0.1) is 18.7 Å². The maximum absolute atomic E-state index is 13.2. The number of carbonyl (C=O) groups excluding carboxylic acids is 1. The fourth-order valence-electron chi connectivity index (χ4n) is 1.95. The molecule has 0 saturated heterocycles. The summed E-state index contributed by atoms with van der Waals surface area (Å²) in [6.07, 6.45) is 0.327. The van der Waals surface area contributed by atoms with Crippen molar-refractivity contribution in [2.75, 3.05) is 0 Å². The smallest absolute Gasteiger partial charge is 0.315 e. The van der Waals surface area contributed by atoms with Gasteiger partial charge in [-0.3, -0.25) is 4.68 Å². The van der Waals surface area contributed by atoms with E-state index in [9.17, 15) is 18.7 Å². The molecule has 1 aromatic carbocycles. The Morgan fingerprint density at radius 2 is 2.13 bits per heavy atom. The van der Waals surface area contributed by atoms with Gasteiger partial charge in [0.15, 0.2) is 17.5 Å². The Labute approximate surface area is 131 Å². The van der Waals surface area contributed by atoms with Crippen LogP contribution in [-0.2, 0) is 13.6 Å². The molecule has 2 amide bonds. The lowest BCUT2D eigenvalue weighted by atomic mass is 10.0. The Balaban J connectivity index is 1.88. The molecule has 2 aromatic rings. The van der Waals surface area contributed by atoms with Crippen LogP contribution in [0.2, 0.25) is 0 Å². The molecule has 9 heteroatoms. The number of rotatable bonds is 5. The lowest BCUT2D eigenvalue weighted by Crippen LogP contribution is -2.43. The molecule has 0 aliphatic rings. The van der Waals surface area contributed by atoms with E-state index in [1.165, 1.54) is 17.1 Å². The van der Waals surface area contributed by atoms with Crippen LogP contribution in [0.1, 0.15) is 24.4 Å². The number of aliphatic hydroxyl groups is 1. The third-order valence-electron chi connectivity index (χ3n) is 3.17. The van der Waals surface area contributed by atoms with Gasteiger partial charge in [0, 0.05) is 7.05 Å². The predicted octanol–water partition coefficient (Wildman–Crippen LogP) is 1.01. The van der Waals surface area contributed by atoms with Gasteiger partial charge in [-0.25, -0.2) is 18.6 Å². The van der Waals surface area contributed by atoms with E-state index in [2.05, 4.69) is 20.7 Å². The van der Waals surface area contributed by atoms with Crippen LogP contribution >= 0.6 is 0 Å². The minimum Gasteiger partial charge on any atom is -0.386 e. The fraction of sp³-hybridized carbons (Fsp3) is 0.357. The number of aromatic nitrogens is 3. The first-order valence-corrected chi connectivity index (χ1v) is 6.88. The maximum atomic E-state index is 13.2. The van der Waals surface area contributed by atoms with E-state index in [1.807, 2.05) is 0 Å². The molecule has 0 fully saturated rings. The van der Waals surface area contributed by atoms with Crippen LogP contribution in [0.5, 0.6) is 0 Å². The van der Waals surface area contributed by atoms with Gasteiger partial charge in [-0.15, -0.1) is 0 Å². The van der Waals surface area contributed by atoms with E-state index >= 15 is 0 Å². The first-order chi connectivity index (χ1) is 10.9. The number of hydrogen-bond donors (Lipinski definition) is 3. The monoisotopic (exact) mass is 325 g/mol. The van der Waals surface area contributed by atoms with E-state index in [4.69, 9.17) is 0 Å². The average molecular weight is 325 g/mol. The Morgan fingerprint density at radius 1 is 1.39 bits per heavy atom.